The van der Waals surface area contributed by atoms with Gasteiger partial charge in [-0.15, -0.1) is 0 Å². The van der Waals surface area contributed by atoms with Crippen LogP contribution in [-0.4, -0.2) is 39.7 Å². The summed E-state index contributed by atoms with van der Waals surface area (Å²) in [5, 5.41) is 6.21. The standard InChI is InChI=1S/C20H25FN4O3/c1-23-20(25-16-8-9-17(27-2)18(11-16)28-3)24-12-14(19(22)26)10-13-4-6-15(21)7-5-13/h4-9,11,14H,10,12H2,1-3H3,(H2,22,26)(H2,23,24,25). The zero-order valence-corrected chi connectivity index (χ0v) is 16.2. The van der Waals surface area contributed by atoms with Gasteiger partial charge in [0.25, 0.3) is 0 Å². The normalized spacial score (nSPS) is 12.2. The van der Waals surface area contributed by atoms with Gasteiger partial charge in [0.05, 0.1) is 20.1 Å². The van der Waals surface area contributed by atoms with Crippen LogP contribution >= 0.6 is 0 Å². The third-order valence-electron chi connectivity index (χ3n) is 4.18. The minimum absolute atomic E-state index is 0.277. The van der Waals surface area contributed by atoms with Crippen LogP contribution in [0.1, 0.15) is 5.56 Å². The number of methoxy groups -OCH3 is 2. The lowest BCUT2D eigenvalue weighted by atomic mass is 9.98. The fraction of sp³-hybridized carbons (Fsp3) is 0.300. The molecule has 8 heteroatoms. The van der Waals surface area contributed by atoms with E-state index in [0.717, 1.165) is 11.3 Å². The molecule has 0 heterocycles. The average Bonchev–Trinajstić information content (AvgIpc) is 2.70. The van der Waals surface area contributed by atoms with Crippen LogP contribution in [-0.2, 0) is 11.2 Å². The predicted molar refractivity (Wildman–Crippen MR) is 107 cm³/mol. The molecule has 0 aromatic heterocycles. The number of benzene rings is 2. The first-order valence-electron chi connectivity index (χ1n) is 8.70. The second-order valence-electron chi connectivity index (χ2n) is 6.08. The number of halogens is 1. The van der Waals surface area contributed by atoms with Crippen molar-refractivity contribution in [3.8, 4) is 11.5 Å². The fourth-order valence-electron chi connectivity index (χ4n) is 2.63. The number of anilines is 1. The molecule has 0 aliphatic rings. The van der Waals surface area contributed by atoms with Crippen molar-refractivity contribution in [2.75, 3.05) is 33.1 Å². The molecule has 0 radical (unpaired) electrons. The summed E-state index contributed by atoms with van der Waals surface area (Å²) in [5.41, 5.74) is 7.09. The van der Waals surface area contributed by atoms with Gasteiger partial charge in [-0.3, -0.25) is 9.79 Å². The van der Waals surface area contributed by atoms with E-state index in [1.54, 1.807) is 45.5 Å². The Balaban J connectivity index is 2.01. The topological polar surface area (TPSA) is 98.0 Å². The molecule has 2 rings (SSSR count). The van der Waals surface area contributed by atoms with Crippen molar-refractivity contribution in [3.05, 3.63) is 53.8 Å². The predicted octanol–water partition coefficient (Wildman–Crippen LogP) is 2.17. The molecule has 0 aliphatic carbocycles. The van der Waals surface area contributed by atoms with Gasteiger partial charge in [-0.1, -0.05) is 12.1 Å². The van der Waals surface area contributed by atoms with E-state index in [1.807, 2.05) is 6.07 Å². The number of aliphatic imine (C=N–C) groups is 1. The zero-order chi connectivity index (χ0) is 20.5. The third-order valence-corrected chi connectivity index (χ3v) is 4.18. The van der Waals surface area contributed by atoms with Crippen molar-refractivity contribution in [2.24, 2.45) is 16.6 Å². The van der Waals surface area contributed by atoms with E-state index >= 15 is 0 Å². The van der Waals surface area contributed by atoms with Gasteiger partial charge in [0, 0.05) is 25.3 Å². The Bertz CT molecular complexity index is 825. The van der Waals surface area contributed by atoms with Crippen molar-refractivity contribution in [3.63, 3.8) is 0 Å². The Hall–Kier alpha value is -3.29. The first kappa shape index (κ1) is 21.0. The SMILES string of the molecule is CN=C(NCC(Cc1ccc(F)cc1)C(N)=O)Nc1ccc(OC)c(OC)c1. The number of nitrogens with zero attached hydrogens (tertiary/aromatic N) is 1. The number of nitrogens with two attached hydrogens (primary N) is 1. The number of carbonyl (C=O) groups excluding carboxylic acids is 1. The zero-order valence-electron chi connectivity index (χ0n) is 16.2. The summed E-state index contributed by atoms with van der Waals surface area (Å²) in [6.45, 7) is 0.277. The number of nitrogens with one attached hydrogen (secondary N) is 2. The van der Waals surface area contributed by atoms with E-state index in [1.165, 1.54) is 12.1 Å². The van der Waals surface area contributed by atoms with Crippen LogP contribution < -0.4 is 25.8 Å². The summed E-state index contributed by atoms with van der Waals surface area (Å²) >= 11 is 0. The molecule has 0 spiro atoms. The van der Waals surface area contributed by atoms with Crippen molar-refractivity contribution >= 4 is 17.6 Å². The van der Waals surface area contributed by atoms with E-state index < -0.39 is 11.8 Å². The summed E-state index contributed by atoms with van der Waals surface area (Å²) in [6.07, 6.45) is 0.399. The van der Waals surface area contributed by atoms with Gasteiger partial charge >= 0.3 is 0 Å². The Morgan fingerprint density at radius 3 is 2.39 bits per heavy atom. The molecule has 0 fully saturated rings. The van der Waals surface area contributed by atoms with Gasteiger partial charge < -0.3 is 25.8 Å². The van der Waals surface area contributed by atoms with Gasteiger partial charge in [-0.25, -0.2) is 4.39 Å². The van der Waals surface area contributed by atoms with Gasteiger partial charge in [0.1, 0.15) is 5.82 Å². The number of amides is 1. The second-order valence-corrected chi connectivity index (χ2v) is 6.08. The first-order chi connectivity index (χ1) is 13.5. The molecule has 1 atom stereocenters. The molecule has 0 saturated heterocycles. The Morgan fingerprint density at radius 1 is 1.14 bits per heavy atom. The number of ether oxygens (including phenoxy) is 2. The van der Waals surface area contributed by atoms with E-state index in [-0.39, 0.29) is 12.4 Å². The highest BCUT2D eigenvalue weighted by Crippen LogP contribution is 2.29. The minimum Gasteiger partial charge on any atom is -0.493 e. The first-order valence-corrected chi connectivity index (χ1v) is 8.70. The number of primary amides is 1. The largest absolute Gasteiger partial charge is 0.493 e. The van der Waals surface area contributed by atoms with Gasteiger partial charge in [-0.2, -0.15) is 0 Å². The molecule has 28 heavy (non-hydrogen) atoms. The molecular formula is C20H25FN4O3. The smallest absolute Gasteiger partial charge is 0.222 e. The van der Waals surface area contributed by atoms with Crippen LogP contribution in [0.25, 0.3) is 0 Å². The number of rotatable bonds is 8. The maximum atomic E-state index is 13.0. The van der Waals surface area contributed by atoms with Crippen molar-refractivity contribution < 1.29 is 18.7 Å². The number of carbonyl (C=O) groups is 1. The summed E-state index contributed by atoms with van der Waals surface area (Å²) in [6, 6.07) is 11.4. The number of guanidine groups is 1. The van der Waals surface area contributed by atoms with Crippen LogP contribution in [0.2, 0.25) is 0 Å². The van der Waals surface area contributed by atoms with Crippen LogP contribution in [0, 0.1) is 11.7 Å². The maximum absolute atomic E-state index is 13.0. The fourth-order valence-corrected chi connectivity index (χ4v) is 2.63. The molecule has 0 aliphatic heterocycles. The lowest BCUT2D eigenvalue weighted by Gasteiger charge is -2.18. The maximum Gasteiger partial charge on any atom is 0.222 e. The molecule has 2 aromatic rings. The van der Waals surface area contributed by atoms with Gasteiger partial charge in [0.15, 0.2) is 17.5 Å². The highest BCUT2D eigenvalue weighted by molar-refractivity contribution is 5.94. The Kier molecular flexibility index (Phi) is 7.62. The molecule has 0 saturated carbocycles. The Labute approximate surface area is 163 Å². The molecule has 1 unspecified atom stereocenters. The molecule has 7 nitrogen and oxygen atoms in total. The van der Waals surface area contributed by atoms with Crippen LogP contribution in [0.3, 0.4) is 0 Å². The van der Waals surface area contributed by atoms with Crippen LogP contribution in [0.4, 0.5) is 10.1 Å². The Morgan fingerprint density at radius 2 is 1.82 bits per heavy atom. The molecule has 0 bridgehead atoms. The van der Waals surface area contributed by atoms with Crippen LogP contribution in [0.5, 0.6) is 11.5 Å². The lowest BCUT2D eigenvalue weighted by molar-refractivity contribution is -0.121. The van der Waals surface area contributed by atoms with Crippen molar-refractivity contribution in [1.29, 1.82) is 0 Å². The molecular weight excluding hydrogens is 363 g/mol. The minimum atomic E-state index is -0.477. The van der Waals surface area contributed by atoms with Crippen LogP contribution in [0.15, 0.2) is 47.5 Å². The molecule has 2 aromatic carbocycles. The van der Waals surface area contributed by atoms with Crippen molar-refractivity contribution in [2.45, 2.75) is 6.42 Å². The summed E-state index contributed by atoms with van der Waals surface area (Å²) in [5.74, 6) is 0.417. The van der Waals surface area contributed by atoms with Gasteiger partial charge in [0.2, 0.25) is 5.91 Å². The number of hydrogen-bond acceptors (Lipinski definition) is 4. The van der Waals surface area contributed by atoms with E-state index in [2.05, 4.69) is 15.6 Å². The molecule has 150 valence electrons. The lowest BCUT2D eigenvalue weighted by Crippen LogP contribution is -2.40. The van der Waals surface area contributed by atoms with Crippen molar-refractivity contribution in [1.82, 2.24) is 5.32 Å². The molecule has 1 amide bonds. The third kappa shape index (κ3) is 5.87. The summed E-state index contributed by atoms with van der Waals surface area (Å²) in [4.78, 5) is 16.0. The quantitative estimate of drug-likeness (QED) is 0.476. The highest BCUT2D eigenvalue weighted by atomic mass is 19.1. The van der Waals surface area contributed by atoms with E-state index in [9.17, 15) is 9.18 Å². The number of hydrogen-bond donors (Lipinski definition) is 3. The van der Waals surface area contributed by atoms with E-state index in [4.69, 9.17) is 15.2 Å². The second kappa shape index (κ2) is 10.1. The van der Waals surface area contributed by atoms with E-state index in [0.29, 0.717) is 23.9 Å². The summed E-state index contributed by atoms with van der Waals surface area (Å²) < 4.78 is 23.5. The van der Waals surface area contributed by atoms with Gasteiger partial charge in [-0.05, 0) is 36.2 Å². The molecule has 4 N–H and O–H groups in total. The summed E-state index contributed by atoms with van der Waals surface area (Å²) in [7, 11) is 4.74. The average molecular weight is 388 g/mol. The monoisotopic (exact) mass is 388 g/mol. The highest BCUT2D eigenvalue weighted by Gasteiger charge is 2.17.